The SMILES string of the molecule is Cc1nc2cc(C(F)(F)F)c(Cl)c(N=CCCCC(C)C)c2n1C(C)C. The van der Waals surface area contributed by atoms with E-state index in [1.807, 2.05) is 18.4 Å². The molecule has 1 aromatic carbocycles. The van der Waals surface area contributed by atoms with Gasteiger partial charge >= 0.3 is 6.18 Å². The topological polar surface area (TPSA) is 30.2 Å². The molecule has 144 valence electrons. The van der Waals surface area contributed by atoms with E-state index in [4.69, 9.17) is 11.6 Å². The number of halogens is 4. The molecule has 0 fully saturated rings. The van der Waals surface area contributed by atoms with Gasteiger partial charge in [-0.2, -0.15) is 13.2 Å². The summed E-state index contributed by atoms with van der Waals surface area (Å²) in [5, 5.41) is -0.369. The van der Waals surface area contributed by atoms with E-state index < -0.39 is 11.7 Å². The zero-order valence-corrected chi connectivity index (χ0v) is 16.5. The van der Waals surface area contributed by atoms with E-state index >= 15 is 0 Å². The number of aromatic nitrogens is 2. The van der Waals surface area contributed by atoms with Crippen molar-refractivity contribution in [2.75, 3.05) is 0 Å². The van der Waals surface area contributed by atoms with Crippen LogP contribution in [0.5, 0.6) is 0 Å². The lowest BCUT2D eigenvalue weighted by molar-refractivity contribution is -0.137. The maximum Gasteiger partial charge on any atom is 0.418 e. The van der Waals surface area contributed by atoms with Crippen molar-refractivity contribution in [3.8, 4) is 0 Å². The van der Waals surface area contributed by atoms with Crippen LogP contribution in [0.2, 0.25) is 5.02 Å². The molecule has 2 aromatic rings. The number of hydrogen-bond donors (Lipinski definition) is 0. The lowest BCUT2D eigenvalue weighted by Crippen LogP contribution is -2.07. The molecular weight excluding hydrogens is 363 g/mol. The predicted molar refractivity (Wildman–Crippen MR) is 102 cm³/mol. The Morgan fingerprint density at radius 3 is 2.46 bits per heavy atom. The molecule has 26 heavy (non-hydrogen) atoms. The first-order valence-corrected chi connectivity index (χ1v) is 9.22. The fourth-order valence-electron chi connectivity index (χ4n) is 3.06. The van der Waals surface area contributed by atoms with Gasteiger partial charge in [-0.3, -0.25) is 4.99 Å². The van der Waals surface area contributed by atoms with Crippen molar-refractivity contribution in [2.45, 2.75) is 66.1 Å². The van der Waals surface area contributed by atoms with E-state index in [1.54, 1.807) is 13.1 Å². The summed E-state index contributed by atoms with van der Waals surface area (Å²) in [7, 11) is 0. The molecule has 0 radical (unpaired) electrons. The molecule has 0 atom stereocenters. The van der Waals surface area contributed by atoms with Crippen LogP contribution in [0.25, 0.3) is 11.0 Å². The highest BCUT2D eigenvalue weighted by molar-refractivity contribution is 6.35. The summed E-state index contributed by atoms with van der Waals surface area (Å²) in [6.07, 6.45) is -0.218. The molecule has 0 saturated heterocycles. The van der Waals surface area contributed by atoms with Crippen molar-refractivity contribution in [3.05, 3.63) is 22.5 Å². The number of rotatable bonds is 6. The molecule has 0 N–H and O–H groups in total. The highest BCUT2D eigenvalue weighted by atomic mass is 35.5. The molecule has 0 aliphatic heterocycles. The molecular formula is C19H25ClF3N3. The minimum atomic E-state index is -4.55. The quantitative estimate of drug-likeness (QED) is 0.383. The van der Waals surface area contributed by atoms with Gasteiger partial charge in [-0.1, -0.05) is 31.9 Å². The summed E-state index contributed by atoms with van der Waals surface area (Å²) >= 11 is 6.15. The first-order chi connectivity index (χ1) is 12.0. The average Bonchev–Trinajstić information content (AvgIpc) is 2.83. The van der Waals surface area contributed by atoms with Gasteiger partial charge in [0.1, 0.15) is 11.5 Å². The number of aryl methyl sites for hydroxylation is 1. The van der Waals surface area contributed by atoms with Gasteiger partial charge in [0.2, 0.25) is 0 Å². The third kappa shape index (κ3) is 4.40. The summed E-state index contributed by atoms with van der Waals surface area (Å²) in [4.78, 5) is 8.65. The largest absolute Gasteiger partial charge is 0.418 e. The highest BCUT2D eigenvalue weighted by Crippen LogP contribution is 2.44. The Morgan fingerprint density at radius 2 is 1.92 bits per heavy atom. The summed E-state index contributed by atoms with van der Waals surface area (Å²) in [5.74, 6) is 1.22. The Labute approximate surface area is 157 Å². The third-order valence-electron chi connectivity index (χ3n) is 4.22. The number of hydrogen-bond acceptors (Lipinski definition) is 2. The standard InChI is InChI=1S/C19H25ClF3N3/c1-11(2)8-6-7-9-24-17-16(20)14(19(21,22)23)10-15-18(17)26(12(3)4)13(5)25-15/h9-12H,6-8H2,1-5H3. The van der Waals surface area contributed by atoms with E-state index in [1.165, 1.54) is 0 Å². The van der Waals surface area contributed by atoms with E-state index in [9.17, 15) is 13.2 Å². The van der Waals surface area contributed by atoms with Gasteiger partial charge in [0.15, 0.2) is 0 Å². The van der Waals surface area contributed by atoms with Crippen molar-refractivity contribution >= 4 is 34.5 Å². The number of aliphatic imine (C=N–C) groups is 1. The van der Waals surface area contributed by atoms with Crippen LogP contribution >= 0.6 is 11.6 Å². The van der Waals surface area contributed by atoms with Crippen LogP contribution in [-0.2, 0) is 6.18 Å². The normalized spacial score (nSPS) is 13.0. The molecule has 1 heterocycles. The van der Waals surface area contributed by atoms with Gasteiger partial charge in [-0.05, 0) is 45.6 Å². The second-order valence-electron chi connectivity index (χ2n) is 7.21. The highest BCUT2D eigenvalue weighted by Gasteiger charge is 2.36. The number of benzene rings is 1. The monoisotopic (exact) mass is 387 g/mol. The van der Waals surface area contributed by atoms with Crippen molar-refractivity contribution < 1.29 is 13.2 Å². The van der Waals surface area contributed by atoms with Crippen LogP contribution in [-0.4, -0.2) is 15.8 Å². The first kappa shape index (κ1) is 20.7. The summed E-state index contributed by atoms with van der Waals surface area (Å²) < 4.78 is 42.0. The van der Waals surface area contributed by atoms with Crippen LogP contribution < -0.4 is 0 Å². The maximum atomic E-state index is 13.4. The number of alkyl halides is 3. The second-order valence-corrected chi connectivity index (χ2v) is 7.59. The Bertz CT molecular complexity index is 805. The van der Waals surface area contributed by atoms with E-state index in [0.717, 1.165) is 18.9 Å². The van der Waals surface area contributed by atoms with Gasteiger partial charge in [-0.15, -0.1) is 0 Å². The second kappa shape index (κ2) is 7.99. The van der Waals surface area contributed by atoms with Crippen LogP contribution in [0.1, 0.15) is 64.4 Å². The Kier molecular flexibility index (Phi) is 6.37. The molecule has 0 spiro atoms. The summed E-state index contributed by atoms with van der Waals surface area (Å²) in [6.45, 7) is 9.95. The summed E-state index contributed by atoms with van der Waals surface area (Å²) in [5.41, 5.74) is 0.0719. The Morgan fingerprint density at radius 1 is 1.27 bits per heavy atom. The molecule has 0 amide bonds. The fourth-order valence-corrected chi connectivity index (χ4v) is 3.36. The number of nitrogens with zero attached hydrogens (tertiary/aromatic N) is 3. The number of unbranched alkanes of at least 4 members (excludes halogenated alkanes) is 1. The summed E-state index contributed by atoms with van der Waals surface area (Å²) in [6, 6.07) is 1.05. The molecule has 0 aliphatic carbocycles. The first-order valence-electron chi connectivity index (χ1n) is 8.84. The van der Waals surface area contributed by atoms with Crippen LogP contribution in [0.3, 0.4) is 0 Å². The maximum absolute atomic E-state index is 13.4. The zero-order chi connectivity index (χ0) is 19.6. The van der Waals surface area contributed by atoms with Gasteiger partial charge in [0, 0.05) is 12.3 Å². The van der Waals surface area contributed by atoms with Crippen molar-refractivity contribution in [3.63, 3.8) is 0 Å². The minimum Gasteiger partial charge on any atom is -0.324 e. The van der Waals surface area contributed by atoms with Crippen molar-refractivity contribution in [2.24, 2.45) is 10.9 Å². The average molecular weight is 388 g/mol. The smallest absolute Gasteiger partial charge is 0.324 e. The predicted octanol–water partition coefficient (Wildman–Crippen LogP) is 7.13. The molecule has 3 nitrogen and oxygen atoms in total. The van der Waals surface area contributed by atoms with Gasteiger partial charge in [-0.25, -0.2) is 4.98 Å². The Hall–Kier alpha value is -1.56. The van der Waals surface area contributed by atoms with E-state index in [-0.39, 0.29) is 22.3 Å². The molecule has 0 bridgehead atoms. The van der Waals surface area contributed by atoms with E-state index in [0.29, 0.717) is 23.7 Å². The van der Waals surface area contributed by atoms with Crippen LogP contribution in [0.15, 0.2) is 11.1 Å². The zero-order valence-electron chi connectivity index (χ0n) is 15.8. The van der Waals surface area contributed by atoms with Gasteiger partial charge in [0.05, 0.1) is 21.6 Å². The Balaban J connectivity index is 2.59. The molecule has 0 saturated carbocycles. The van der Waals surface area contributed by atoms with E-state index in [2.05, 4.69) is 23.8 Å². The van der Waals surface area contributed by atoms with Gasteiger partial charge < -0.3 is 4.57 Å². The molecule has 7 heteroatoms. The van der Waals surface area contributed by atoms with Crippen LogP contribution in [0.4, 0.5) is 18.9 Å². The lowest BCUT2D eigenvalue weighted by Gasteiger charge is -2.15. The molecule has 0 aliphatic rings. The van der Waals surface area contributed by atoms with Crippen molar-refractivity contribution in [1.29, 1.82) is 0 Å². The molecule has 2 rings (SSSR count). The fraction of sp³-hybridized carbons (Fsp3) is 0.579. The van der Waals surface area contributed by atoms with Gasteiger partial charge in [0.25, 0.3) is 0 Å². The minimum absolute atomic E-state index is 0.0303. The number of fused-ring (bicyclic) bond motifs is 1. The third-order valence-corrected chi connectivity index (χ3v) is 4.60. The number of imidazole rings is 1. The van der Waals surface area contributed by atoms with Crippen LogP contribution in [0, 0.1) is 12.8 Å². The van der Waals surface area contributed by atoms with Crippen molar-refractivity contribution in [1.82, 2.24) is 9.55 Å². The molecule has 1 aromatic heterocycles. The lowest BCUT2D eigenvalue weighted by atomic mass is 10.1. The molecule has 0 unspecified atom stereocenters.